The molecular formula is C20H26O4. The first-order valence-corrected chi connectivity index (χ1v) is 8.71. The summed E-state index contributed by atoms with van der Waals surface area (Å²) in [7, 11) is 3.34. The standard InChI is InChI=1S/C20H26O4/c1-4-13-5-6-15(24-3)11-16(13)18-17(21)12-20(19(18)22)9-7-14(23-2)8-10-20/h5-6,11,14,22H,4,7-10,12H2,1-3H3. The van der Waals surface area contributed by atoms with Crippen molar-refractivity contribution in [3.63, 3.8) is 0 Å². The van der Waals surface area contributed by atoms with Crippen LogP contribution in [0.4, 0.5) is 0 Å². The van der Waals surface area contributed by atoms with Crippen LogP contribution in [-0.2, 0) is 16.0 Å². The maximum absolute atomic E-state index is 12.8. The Morgan fingerprint density at radius 3 is 2.54 bits per heavy atom. The van der Waals surface area contributed by atoms with E-state index in [0.717, 1.165) is 43.2 Å². The second kappa shape index (κ2) is 6.60. The monoisotopic (exact) mass is 330 g/mol. The minimum Gasteiger partial charge on any atom is -0.511 e. The van der Waals surface area contributed by atoms with Crippen molar-refractivity contribution >= 4 is 11.4 Å². The van der Waals surface area contributed by atoms with Crippen LogP contribution < -0.4 is 4.74 Å². The summed E-state index contributed by atoms with van der Waals surface area (Å²) in [6.07, 6.45) is 4.84. The molecule has 1 fully saturated rings. The first-order chi connectivity index (χ1) is 11.5. The van der Waals surface area contributed by atoms with Gasteiger partial charge in [0.1, 0.15) is 11.5 Å². The van der Waals surface area contributed by atoms with Crippen molar-refractivity contribution in [3.05, 3.63) is 35.1 Å². The van der Waals surface area contributed by atoms with Gasteiger partial charge in [0.2, 0.25) is 0 Å². The summed E-state index contributed by atoms with van der Waals surface area (Å²) in [5, 5.41) is 11.0. The number of ether oxygens (including phenoxy) is 2. The molecule has 2 aliphatic carbocycles. The van der Waals surface area contributed by atoms with E-state index < -0.39 is 5.41 Å². The highest BCUT2D eigenvalue weighted by molar-refractivity contribution is 6.24. The van der Waals surface area contributed by atoms with E-state index in [9.17, 15) is 9.90 Å². The van der Waals surface area contributed by atoms with E-state index in [2.05, 4.69) is 6.92 Å². The molecule has 1 aromatic rings. The minimum atomic E-state index is -0.393. The molecule has 0 aromatic heterocycles. The van der Waals surface area contributed by atoms with Crippen LogP contribution >= 0.6 is 0 Å². The van der Waals surface area contributed by atoms with Crippen LogP contribution in [0.3, 0.4) is 0 Å². The molecule has 1 aromatic carbocycles. The van der Waals surface area contributed by atoms with Crippen LogP contribution in [0.15, 0.2) is 24.0 Å². The number of carbonyl (C=O) groups excluding carboxylic acids is 1. The fourth-order valence-corrected chi connectivity index (χ4v) is 4.17. The number of allylic oxidation sites excluding steroid dienone is 2. The van der Waals surface area contributed by atoms with Crippen molar-refractivity contribution < 1.29 is 19.4 Å². The Balaban J connectivity index is 2.03. The summed E-state index contributed by atoms with van der Waals surface area (Å²) in [5.41, 5.74) is 2.00. The third-order valence-electron chi connectivity index (χ3n) is 5.71. The molecule has 3 rings (SSSR count). The molecule has 0 atom stereocenters. The van der Waals surface area contributed by atoms with Crippen molar-refractivity contribution in [1.82, 2.24) is 0 Å². The lowest BCUT2D eigenvalue weighted by Crippen LogP contribution is -2.31. The lowest BCUT2D eigenvalue weighted by atomic mass is 9.71. The van der Waals surface area contributed by atoms with Crippen molar-refractivity contribution in [2.24, 2.45) is 5.41 Å². The van der Waals surface area contributed by atoms with Gasteiger partial charge < -0.3 is 14.6 Å². The second-order valence-corrected chi connectivity index (χ2v) is 6.92. The first-order valence-electron chi connectivity index (χ1n) is 8.71. The van der Waals surface area contributed by atoms with Gasteiger partial charge in [-0.25, -0.2) is 0 Å². The van der Waals surface area contributed by atoms with Gasteiger partial charge in [0, 0.05) is 18.9 Å². The number of carbonyl (C=O) groups is 1. The normalized spacial score (nSPS) is 27.1. The highest BCUT2D eigenvalue weighted by Crippen LogP contribution is 2.53. The molecule has 0 saturated heterocycles. The molecular weight excluding hydrogens is 304 g/mol. The van der Waals surface area contributed by atoms with Crippen LogP contribution in [0.25, 0.3) is 5.57 Å². The average Bonchev–Trinajstić information content (AvgIpc) is 2.85. The first kappa shape index (κ1) is 17.0. The van der Waals surface area contributed by atoms with Gasteiger partial charge in [-0.2, -0.15) is 0 Å². The Labute approximate surface area is 143 Å². The molecule has 4 nitrogen and oxygen atoms in total. The van der Waals surface area contributed by atoms with Crippen LogP contribution in [0.2, 0.25) is 0 Å². The summed E-state index contributed by atoms with van der Waals surface area (Å²) in [5.74, 6) is 1.04. The van der Waals surface area contributed by atoms with Crippen LogP contribution in [0.1, 0.15) is 50.2 Å². The molecule has 2 aliphatic rings. The van der Waals surface area contributed by atoms with E-state index in [1.54, 1.807) is 14.2 Å². The van der Waals surface area contributed by atoms with Crippen LogP contribution in [0.5, 0.6) is 5.75 Å². The molecule has 24 heavy (non-hydrogen) atoms. The van der Waals surface area contributed by atoms with Crippen molar-refractivity contribution in [2.75, 3.05) is 14.2 Å². The van der Waals surface area contributed by atoms with Gasteiger partial charge in [-0.1, -0.05) is 13.0 Å². The summed E-state index contributed by atoms with van der Waals surface area (Å²) in [6.45, 7) is 2.06. The fourth-order valence-electron chi connectivity index (χ4n) is 4.17. The fraction of sp³-hybridized carbons (Fsp3) is 0.550. The van der Waals surface area contributed by atoms with Gasteiger partial charge in [0.25, 0.3) is 0 Å². The zero-order chi connectivity index (χ0) is 17.3. The number of hydrogen-bond donors (Lipinski definition) is 1. The third kappa shape index (κ3) is 2.73. The zero-order valence-corrected chi connectivity index (χ0v) is 14.7. The molecule has 0 aliphatic heterocycles. The number of aliphatic hydroxyl groups is 1. The molecule has 0 amide bonds. The summed E-state index contributed by atoms with van der Waals surface area (Å²) >= 11 is 0. The Morgan fingerprint density at radius 1 is 1.25 bits per heavy atom. The quantitative estimate of drug-likeness (QED) is 0.904. The number of benzene rings is 1. The van der Waals surface area contributed by atoms with Gasteiger partial charge >= 0.3 is 0 Å². The van der Waals surface area contributed by atoms with Gasteiger partial charge in [-0.15, -0.1) is 0 Å². The molecule has 0 heterocycles. The smallest absolute Gasteiger partial charge is 0.167 e. The van der Waals surface area contributed by atoms with Gasteiger partial charge in [-0.3, -0.25) is 4.79 Å². The van der Waals surface area contributed by atoms with Crippen molar-refractivity contribution in [1.29, 1.82) is 0 Å². The molecule has 0 bridgehead atoms. The number of ketones is 1. The van der Waals surface area contributed by atoms with E-state index in [1.807, 2.05) is 18.2 Å². The Bertz CT molecular complexity index is 666. The maximum atomic E-state index is 12.8. The topological polar surface area (TPSA) is 55.8 Å². The molecule has 1 N–H and O–H groups in total. The molecule has 0 radical (unpaired) electrons. The lowest BCUT2D eigenvalue weighted by Gasteiger charge is -2.36. The number of Topliss-reactive ketones (excluding diaryl/α,β-unsaturated/α-hetero) is 1. The molecule has 0 unspecified atom stereocenters. The Kier molecular flexibility index (Phi) is 4.68. The molecule has 130 valence electrons. The largest absolute Gasteiger partial charge is 0.511 e. The van der Waals surface area contributed by atoms with E-state index in [0.29, 0.717) is 17.7 Å². The average molecular weight is 330 g/mol. The number of aliphatic hydroxyl groups excluding tert-OH is 1. The summed E-state index contributed by atoms with van der Waals surface area (Å²) in [4.78, 5) is 12.8. The molecule has 4 heteroatoms. The highest BCUT2D eigenvalue weighted by Gasteiger charge is 2.48. The van der Waals surface area contributed by atoms with E-state index in [1.165, 1.54) is 0 Å². The lowest BCUT2D eigenvalue weighted by molar-refractivity contribution is -0.115. The number of aryl methyl sites for hydroxylation is 1. The minimum absolute atomic E-state index is 0.0475. The maximum Gasteiger partial charge on any atom is 0.167 e. The second-order valence-electron chi connectivity index (χ2n) is 6.92. The SMILES string of the molecule is CCc1ccc(OC)cc1C1=C(O)C2(CCC(OC)CC2)CC1=O. The Morgan fingerprint density at radius 2 is 1.96 bits per heavy atom. The van der Waals surface area contributed by atoms with Crippen LogP contribution in [0, 0.1) is 5.41 Å². The van der Waals surface area contributed by atoms with E-state index >= 15 is 0 Å². The molecule has 1 spiro atoms. The van der Waals surface area contributed by atoms with Crippen molar-refractivity contribution in [3.8, 4) is 5.75 Å². The highest BCUT2D eigenvalue weighted by atomic mass is 16.5. The van der Waals surface area contributed by atoms with Gasteiger partial charge in [0.15, 0.2) is 5.78 Å². The van der Waals surface area contributed by atoms with E-state index in [-0.39, 0.29) is 17.6 Å². The molecule has 1 saturated carbocycles. The predicted octanol–water partition coefficient (Wildman–Crippen LogP) is 4.07. The van der Waals surface area contributed by atoms with Crippen LogP contribution in [-0.4, -0.2) is 31.2 Å². The van der Waals surface area contributed by atoms with Gasteiger partial charge in [-0.05, 0) is 55.4 Å². The zero-order valence-electron chi connectivity index (χ0n) is 14.7. The van der Waals surface area contributed by atoms with Crippen molar-refractivity contribution in [2.45, 2.75) is 51.6 Å². The number of hydrogen-bond acceptors (Lipinski definition) is 4. The predicted molar refractivity (Wildman–Crippen MR) is 93.2 cm³/mol. The summed E-state index contributed by atoms with van der Waals surface area (Å²) < 4.78 is 10.8. The third-order valence-corrected chi connectivity index (χ3v) is 5.71. The number of methoxy groups -OCH3 is 2. The summed E-state index contributed by atoms with van der Waals surface area (Å²) in [6, 6.07) is 5.76. The Hall–Kier alpha value is -1.81. The van der Waals surface area contributed by atoms with Gasteiger partial charge in [0.05, 0.1) is 18.8 Å². The van der Waals surface area contributed by atoms with E-state index in [4.69, 9.17) is 9.47 Å². The number of rotatable bonds is 4.